The summed E-state index contributed by atoms with van der Waals surface area (Å²) >= 11 is 0. The number of fused-ring (bicyclic) bond motifs is 4. The number of carbonyl (C=O) groups is 3. The molecule has 38 heavy (non-hydrogen) atoms. The van der Waals surface area contributed by atoms with Crippen LogP contribution in [0.25, 0.3) is 0 Å². The summed E-state index contributed by atoms with van der Waals surface area (Å²) in [6.07, 6.45) is -3.89. The fourth-order valence-corrected chi connectivity index (χ4v) is 5.75. The summed E-state index contributed by atoms with van der Waals surface area (Å²) < 4.78 is 22.3. The van der Waals surface area contributed by atoms with Gasteiger partial charge in [-0.05, 0) is 6.07 Å². The van der Waals surface area contributed by atoms with E-state index >= 15 is 0 Å². The lowest BCUT2D eigenvalue weighted by Crippen LogP contribution is -2.48. The van der Waals surface area contributed by atoms with E-state index in [9.17, 15) is 34.8 Å². The first-order valence-electron chi connectivity index (χ1n) is 12.0. The number of ether oxygens (including phenoxy) is 4. The third-order valence-electron chi connectivity index (χ3n) is 7.71. The number of methoxy groups -OCH3 is 1. The molecule has 6 atom stereocenters. The molecule has 2 aromatic carbocycles. The lowest BCUT2D eigenvalue weighted by atomic mass is 9.72. The van der Waals surface area contributed by atoms with E-state index in [4.69, 9.17) is 24.7 Å². The Bertz CT molecular complexity index is 1400. The minimum Gasteiger partial charge on any atom is -0.507 e. The predicted octanol–water partition coefficient (Wildman–Crippen LogP) is -0.0232. The lowest BCUT2D eigenvalue weighted by Gasteiger charge is -2.40. The van der Waals surface area contributed by atoms with Gasteiger partial charge in [0.25, 0.3) is 0 Å². The molecule has 2 unspecified atom stereocenters. The van der Waals surface area contributed by atoms with Gasteiger partial charge in [0.1, 0.15) is 35.6 Å². The number of ketones is 3. The van der Waals surface area contributed by atoms with Gasteiger partial charge in [0, 0.05) is 42.0 Å². The lowest BCUT2D eigenvalue weighted by molar-refractivity contribution is -0.215. The van der Waals surface area contributed by atoms with Gasteiger partial charge in [-0.3, -0.25) is 14.4 Å². The number of rotatable bonds is 5. The van der Waals surface area contributed by atoms with Crippen LogP contribution in [-0.4, -0.2) is 81.8 Å². The van der Waals surface area contributed by atoms with Crippen LogP contribution in [0.5, 0.6) is 17.2 Å². The Hall–Kier alpha value is -3.39. The second-order valence-corrected chi connectivity index (χ2v) is 9.93. The molecule has 2 aromatic rings. The summed E-state index contributed by atoms with van der Waals surface area (Å²) in [5.74, 6) is -3.64. The Labute approximate surface area is 215 Å². The first kappa shape index (κ1) is 24.9. The van der Waals surface area contributed by atoms with Crippen LogP contribution in [0.15, 0.2) is 18.2 Å². The minimum absolute atomic E-state index is 0.0367. The molecule has 0 radical (unpaired) electrons. The van der Waals surface area contributed by atoms with Crippen molar-refractivity contribution in [1.29, 1.82) is 0 Å². The van der Waals surface area contributed by atoms with Crippen LogP contribution < -0.4 is 10.5 Å². The van der Waals surface area contributed by atoms with Crippen molar-refractivity contribution in [3.8, 4) is 17.2 Å². The predicted molar refractivity (Wildman–Crippen MR) is 125 cm³/mol. The number of carbonyl (C=O) groups excluding carboxylic acids is 3. The highest BCUT2D eigenvalue weighted by Gasteiger charge is 2.53. The third kappa shape index (κ3) is 3.49. The molecule has 0 aromatic heterocycles. The normalized spacial score (nSPS) is 31.1. The smallest absolute Gasteiger partial charge is 0.202 e. The number of aliphatic hydroxyl groups excluding tert-OH is 1. The van der Waals surface area contributed by atoms with Crippen molar-refractivity contribution in [3.05, 3.63) is 51.6 Å². The van der Waals surface area contributed by atoms with Crippen LogP contribution in [0.1, 0.15) is 61.9 Å². The van der Waals surface area contributed by atoms with Gasteiger partial charge < -0.3 is 45.1 Å². The third-order valence-corrected chi connectivity index (χ3v) is 7.71. The van der Waals surface area contributed by atoms with Crippen molar-refractivity contribution in [2.45, 2.75) is 55.7 Å². The molecule has 4 aliphatic rings. The molecule has 200 valence electrons. The van der Waals surface area contributed by atoms with Gasteiger partial charge in [-0.1, -0.05) is 12.1 Å². The first-order valence-corrected chi connectivity index (χ1v) is 12.0. The SMILES string of the molecule is COc1cccc2c1C(=O)c1c(O)c3c(c(O)c1C2=O)C[C@@](O)(C(=O)CO)C[C@@H]3O[C@@H]1CC(N)[C@@H]2OC2O1. The number of Topliss-reactive ketones (excluding diaryl/α,β-unsaturated/α-hetero) is 1. The molecular formula is C26H25NO11. The van der Waals surface area contributed by atoms with E-state index in [-0.39, 0.29) is 40.5 Å². The number of phenolic OH excluding ortho intramolecular Hbond substituents is 2. The van der Waals surface area contributed by atoms with Crippen molar-refractivity contribution < 1.29 is 53.8 Å². The van der Waals surface area contributed by atoms with E-state index in [0.717, 1.165) is 0 Å². The van der Waals surface area contributed by atoms with Crippen LogP contribution in [0.3, 0.4) is 0 Å². The summed E-state index contributed by atoms with van der Waals surface area (Å²) in [4.78, 5) is 39.7. The van der Waals surface area contributed by atoms with Crippen LogP contribution in [0, 0.1) is 0 Å². The number of aromatic hydroxyl groups is 2. The maximum absolute atomic E-state index is 13.6. The van der Waals surface area contributed by atoms with Gasteiger partial charge >= 0.3 is 0 Å². The molecule has 2 heterocycles. The Morgan fingerprint density at radius 2 is 1.87 bits per heavy atom. The highest BCUT2D eigenvalue weighted by atomic mass is 16.8. The van der Waals surface area contributed by atoms with Crippen LogP contribution in [0.4, 0.5) is 0 Å². The first-order chi connectivity index (χ1) is 18.1. The minimum atomic E-state index is -2.21. The molecule has 2 aliphatic heterocycles. The average molecular weight is 527 g/mol. The van der Waals surface area contributed by atoms with Gasteiger partial charge in [0.05, 0.1) is 29.9 Å². The summed E-state index contributed by atoms with van der Waals surface area (Å²) in [5, 5.41) is 43.5. The summed E-state index contributed by atoms with van der Waals surface area (Å²) in [6.45, 7) is -0.997. The fourth-order valence-electron chi connectivity index (χ4n) is 5.75. The van der Waals surface area contributed by atoms with Gasteiger partial charge in [-0.25, -0.2) is 0 Å². The molecule has 2 fully saturated rings. The second kappa shape index (κ2) is 8.56. The topological polar surface area (TPSA) is 198 Å². The summed E-state index contributed by atoms with van der Waals surface area (Å²) in [7, 11) is 1.33. The number of aliphatic hydroxyl groups is 2. The number of epoxide rings is 1. The highest BCUT2D eigenvalue weighted by Crippen LogP contribution is 2.52. The fraction of sp³-hybridized carbons (Fsp3) is 0.423. The zero-order valence-corrected chi connectivity index (χ0v) is 20.2. The van der Waals surface area contributed by atoms with Crippen molar-refractivity contribution >= 4 is 17.3 Å². The molecule has 6 N–H and O–H groups in total. The number of hydrogen-bond acceptors (Lipinski definition) is 12. The van der Waals surface area contributed by atoms with Crippen LogP contribution in [0.2, 0.25) is 0 Å². The standard InChI is InChI=1S/C26H25NO11/c1-35-12-4-2-3-9-16(12)22(32)19-18(20(9)30)21(31)10-6-26(34,14(29)8-28)7-13(17(10)23(19)33)36-15-5-11(27)24-25(37-15)38-24/h2-4,11,13,15,24-25,28,31,33-34H,5-8,27H2,1H3/t11?,13-,15-,24-,25?,26-/m0/s1. The van der Waals surface area contributed by atoms with Gasteiger partial charge in [0.2, 0.25) is 5.78 Å². The Morgan fingerprint density at radius 1 is 1.13 bits per heavy atom. The Morgan fingerprint density at radius 3 is 2.55 bits per heavy atom. The number of benzene rings is 2. The van der Waals surface area contributed by atoms with Crippen molar-refractivity contribution in [2.75, 3.05) is 13.7 Å². The van der Waals surface area contributed by atoms with E-state index in [2.05, 4.69) is 0 Å². The monoisotopic (exact) mass is 527 g/mol. The van der Waals surface area contributed by atoms with E-state index in [0.29, 0.717) is 0 Å². The number of phenols is 2. The molecule has 0 amide bonds. The molecular weight excluding hydrogens is 502 g/mol. The molecule has 12 heteroatoms. The largest absolute Gasteiger partial charge is 0.507 e. The van der Waals surface area contributed by atoms with E-state index in [1.807, 2.05) is 0 Å². The molecule has 2 saturated heterocycles. The van der Waals surface area contributed by atoms with Crippen LogP contribution >= 0.6 is 0 Å². The van der Waals surface area contributed by atoms with Gasteiger partial charge in [0.15, 0.2) is 24.1 Å². The van der Waals surface area contributed by atoms with Crippen LogP contribution in [-0.2, 0) is 25.4 Å². The van der Waals surface area contributed by atoms with E-state index in [1.54, 1.807) is 0 Å². The molecule has 0 bridgehead atoms. The molecule has 0 saturated carbocycles. The molecule has 12 nitrogen and oxygen atoms in total. The number of nitrogens with two attached hydrogens (primary N) is 1. The highest BCUT2D eigenvalue weighted by molar-refractivity contribution is 6.31. The second-order valence-electron chi connectivity index (χ2n) is 9.93. The summed E-state index contributed by atoms with van der Waals surface area (Å²) in [5.41, 5.74) is 2.63. The molecule has 2 aliphatic carbocycles. The molecule has 6 rings (SSSR count). The van der Waals surface area contributed by atoms with Crippen molar-refractivity contribution in [2.24, 2.45) is 5.73 Å². The quantitative estimate of drug-likeness (QED) is 0.220. The maximum Gasteiger partial charge on any atom is 0.202 e. The van der Waals surface area contributed by atoms with Gasteiger partial charge in [-0.2, -0.15) is 0 Å². The van der Waals surface area contributed by atoms with Crippen molar-refractivity contribution in [1.82, 2.24) is 0 Å². The Kier molecular flexibility index (Phi) is 5.61. The summed E-state index contributed by atoms with van der Waals surface area (Å²) in [6, 6.07) is 3.99. The zero-order valence-electron chi connectivity index (χ0n) is 20.2. The maximum atomic E-state index is 13.6. The van der Waals surface area contributed by atoms with E-state index < -0.39 is 89.8 Å². The Balaban J connectivity index is 1.52. The number of hydrogen-bond donors (Lipinski definition) is 5. The molecule has 0 spiro atoms. The zero-order chi connectivity index (χ0) is 27.1. The van der Waals surface area contributed by atoms with Crippen molar-refractivity contribution in [3.63, 3.8) is 0 Å². The van der Waals surface area contributed by atoms with E-state index in [1.165, 1.54) is 25.3 Å². The van der Waals surface area contributed by atoms with Gasteiger partial charge in [-0.15, -0.1) is 0 Å². The average Bonchev–Trinajstić information content (AvgIpc) is 3.68.